The highest BCUT2D eigenvalue weighted by Gasteiger charge is 2.29. The maximum Gasteiger partial charge on any atom is 0.225 e. The van der Waals surface area contributed by atoms with Crippen LogP contribution in [0.2, 0.25) is 5.02 Å². The van der Waals surface area contributed by atoms with E-state index in [9.17, 15) is 4.79 Å². The normalized spacial score (nSPS) is 23.2. The molecule has 2 fully saturated rings. The number of aromatic nitrogens is 2. The summed E-state index contributed by atoms with van der Waals surface area (Å²) in [4.78, 5) is 22.6. The zero-order valence-electron chi connectivity index (χ0n) is 11.4. The second kappa shape index (κ2) is 5.95. The number of hydrogen-bond donors (Lipinski definition) is 1. The summed E-state index contributed by atoms with van der Waals surface area (Å²) >= 11 is 5.80. The maximum atomic E-state index is 12.0. The zero-order chi connectivity index (χ0) is 13.9. The number of piperidine rings is 1. The Balaban J connectivity index is 1.58. The number of rotatable bonds is 3. The average Bonchev–Trinajstić information content (AvgIpc) is 2.37. The fourth-order valence-corrected chi connectivity index (χ4v) is 2.83. The molecule has 1 aliphatic heterocycles. The summed E-state index contributed by atoms with van der Waals surface area (Å²) in [6, 6.07) is 0.205. The van der Waals surface area contributed by atoms with Crippen LogP contribution in [0, 0.1) is 5.92 Å². The van der Waals surface area contributed by atoms with Crippen molar-refractivity contribution < 1.29 is 4.79 Å². The smallest absolute Gasteiger partial charge is 0.225 e. The molecule has 0 radical (unpaired) electrons. The molecule has 1 aliphatic carbocycles. The molecule has 6 heteroatoms. The summed E-state index contributed by atoms with van der Waals surface area (Å²) in [7, 11) is 0. The van der Waals surface area contributed by atoms with Crippen molar-refractivity contribution in [3.05, 3.63) is 17.4 Å². The van der Waals surface area contributed by atoms with Crippen molar-refractivity contribution in [3.63, 3.8) is 0 Å². The van der Waals surface area contributed by atoms with E-state index in [0.717, 1.165) is 38.8 Å². The monoisotopic (exact) mass is 294 g/mol. The van der Waals surface area contributed by atoms with E-state index >= 15 is 0 Å². The first kappa shape index (κ1) is 13.6. The highest BCUT2D eigenvalue weighted by molar-refractivity contribution is 6.30. The van der Waals surface area contributed by atoms with Crippen LogP contribution in [-0.2, 0) is 4.79 Å². The van der Waals surface area contributed by atoms with Gasteiger partial charge in [-0.25, -0.2) is 9.97 Å². The number of halogens is 1. The molecule has 1 aromatic heterocycles. The van der Waals surface area contributed by atoms with E-state index in [1.165, 1.54) is 6.42 Å². The predicted molar refractivity (Wildman–Crippen MR) is 77.8 cm³/mol. The molecule has 2 aliphatic rings. The number of nitrogens with zero attached hydrogens (tertiary/aromatic N) is 3. The highest BCUT2D eigenvalue weighted by Crippen LogP contribution is 2.27. The van der Waals surface area contributed by atoms with E-state index in [0.29, 0.717) is 11.0 Å². The van der Waals surface area contributed by atoms with Crippen LogP contribution >= 0.6 is 11.6 Å². The molecule has 0 aromatic carbocycles. The molecule has 0 bridgehead atoms. The molecule has 2 heterocycles. The van der Waals surface area contributed by atoms with Gasteiger partial charge in [-0.2, -0.15) is 0 Å². The Hall–Kier alpha value is -1.36. The molecule has 3 rings (SSSR count). The largest absolute Gasteiger partial charge is 0.351 e. The fourth-order valence-electron chi connectivity index (χ4n) is 2.73. The molecule has 1 saturated heterocycles. The third kappa shape index (κ3) is 3.03. The lowest BCUT2D eigenvalue weighted by Gasteiger charge is -2.34. The topological polar surface area (TPSA) is 58.1 Å². The second-order valence-corrected chi connectivity index (χ2v) is 6.06. The van der Waals surface area contributed by atoms with Crippen LogP contribution in [0.5, 0.6) is 0 Å². The highest BCUT2D eigenvalue weighted by atomic mass is 35.5. The lowest BCUT2D eigenvalue weighted by molar-refractivity contribution is -0.128. The number of carbonyl (C=O) groups excluding carboxylic acids is 1. The number of hydrogen-bond acceptors (Lipinski definition) is 4. The van der Waals surface area contributed by atoms with Crippen LogP contribution in [0.15, 0.2) is 12.4 Å². The average molecular weight is 295 g/mol. The molecular formula is C14H19ClN4O. The van der Waals surface area contributed by atoms with Crippen molar-refractivity contribution in [3.8, 4) is 0 Å². The zero-order valence-corrected chi connectivity index (χ0v) is 12.1. The number of carbonyl (C=O) groups is 1. The molecule has 1 atom stereocenters. The van der Waals surface area contributed by atoms with Gasteiger partial charge in [0, 0.05) is 25.0 Å². The molecular weight excluding hydrogens is 276 g/mol. The molecule has 5 nitrogen and oxygen atoms in total. The van der Waals surface area contributed by atoms with Crippen LogP contribution in [0.1, 0.15) is 32.1 Å². The van der Waals surface area contributed by atoms with Gasteiger partial charge >= 0.3 is 0 Å². The Morgan fingerprint density at radius 3 is 2.65 bits per heavy atom. The summed E-state index contributed by atoms with van der Waals surface area (Å²) in [5, 5.41) is 3.71. The number of amides is 1. The van der Waals surface area contributed by atoms with Gasteiger partial charge in [0.25, 0.3) is 0 Å². The molecule has 0 spiro atoms. The summed E-state index contributed by atoms with van der Waals surface area (Å²) in [5.41, 5.74) is 0. The lowest BCUT2D eigenvalue weighted by atomic mass is 9.84. The van der Waals surface area contributed by atoms with Gasteiger partial charge in [0.05, 0.1) is 17.4 Å². The molecule has 20 heavy (non-hydrogen) atoms. The van der Waals surface area contributed by atoms with Gasteiger partial charge in [-0.1, -0.05) is 18.0 Å². The van der Waals surface area contributed by atoms with E-state index in [4.69, 9.17) is 11.6 Å². The molecule has 1 N–H and O–H groups in total. The van der Waals surface area contributed by atoms with Crippen molar-refractivity contribution in [2.45, 2.75) is 38.1 Å². The lowest BCUT2D eigenvalue weighted by Crippen LogP contribution is -2.50. The fraction of sp³-hybridized carbons (Fsp3) is 0.643. The van der Waals surface area contributed by atoms with Gasteiger partial charge < -0.3 is 10.2 Å². The van der Waals surface area contributed by atoms with E-state index in [2.05, 4.69) is 20.2 Å². The first-order valence-electron chi connectivity index (χ1n) is 7.25. The Bertz CT molecular complexity index is 475. The third-order valence-electron chi connectivity index (χ3n) is 4.13. The van der Waals surface area contributed by atoms with E-state index in [-0.39, 0.29) is 17.9 Å². The Morgan fingerprint density at radius 2 is 2.00 bits per heavy atom. The van der Waals surface area contributed by atoms with Gasteiger partial charge in [-0.15, -0.1) is 0 Å². The third-order valence-corrected chi connectivity index (χ3v) is 4.33. The Labute approximate surface area is 123 Å². The van der Waals surface area contributed by atoms with E-state index in [1.54, 1.807) is 12.4 Å². The van der Waals surface area contributed by atoms with Crippen molar-refractivity contribution in [2.24, 2.45) is 5.92 Å². The van der Waals surface area contributed by atoms with Crippen LogP contribution in [0.3, 0.4) is 0 Å². The number of anilines is 1. The van der Waals surface area contributed by atoms with Crippen LogP contribution in [0.25, 0.3) is 0 Å². The second-order valence-electron chi connectivity index (χ2n) is 5.62. The number of nitrogens with one attached hydrogen (secondary N) is 1. The summed E-state index contributed by atoms with van der Waals surface area (Å²) in [6.07, 6.45) is 8.57. The van der Waals surface area contributed by atoms with Gasteiger partial charge in [0.2, 0.25) is 11.9 Å². The van der Waals surface area contributed by atoms with Gasteiger partial charge in [0.1, 0.15) is 0 Å². The van der Waals surface area contributed by atoms with Crippen LogP contribution < -0.4 is 10.2 Å². The first-order valence-corrected chi connectivity index (χ1v) is 7.63. The summed E-state index contributed by atoms with van der Waals surface area (Å²) in [5.74, 6) is 1.16. The first-order chi connectivity index (χ1) is 9.72. The summed E-state index contributed by atoms with van der Waals surface area (Å²) in [6.45, 7) is 1.71. The minimum absolute atomic E-state index is 0.205. The van der Waals surface area contributed by atoms with E-state index < -0.39 is 0 Å². The van der Waals surface area contributed by atoms with Gasteiger partial charge in [0.15, 0.2) is 0 Å². The van der Waals surface area contributed by atoms with Gasteiger partial charge in [-0.05, 0) is 25.7 Å². The van der Waals surface area contributed by atoms with Crippen molar-refractivity contribution in [1.82, 2.24) is 15.3 Å². The van der Waals surface area contributed by atoms with Crippen LogP contribution in [0.4, 0.5) is 5.95 Å². The molecule has 108 valence electrons. The van der Waals surface area contributed by atoms with E-state index in [1.807, 2.05) is 0 Å². The predicted octanol–water partition coefficient (Wildman–Crippen LogP) is 2.02. The molecule has 1 saturated carbocycles. The Morgan fingerprint density at radius 1 is 1.25 bits per heavy atom. The van der Waals surface area contributed by atoms with Crippen molar-refractivity contribution in [2.75, 3.05) is 18.0 Å². The molecule has 1 aromatic rings. The molecule has 1 amide bonds. The van der Waals surface area contributed by atoms with Gasteiger partial charge in [-0.3, -0.25) is 4.79 Å². The standard InChI is InChI=1S/C14H19ClN4O/c15-11-7-16-14(17-8-11)19-6-2-5-12(9-19)18-13(20)10-3-1-4-10/h7-8,10,12H,1-6,9H2,(H,18,20). The van der Waals surface area contributed by atoms with Crippen molar-refractivity contribution in [1.29, 1.82) is 0 Å². The van der Waals surface area contributed by atoms with Crippen LogP contribution in [-0.4, -0.2) is 35.0 Å². The maximum absolute atomic E-state index is 12.0. The minimum atomic E-state index is 0.205. The Kier molecular flexibility index (Phi) is 4.05. The minimum Gasteiger partial charge on any atom is -0.351 e. The molecule has 1 unspecified atom stereocenters. The summed E-state index contributed by atoms with van der Waals surface area (Å²) < 4.78 is 0. The SMILES string of the molecule is O=C(NC1CCCN(c2ncc(Cl)cn2)C1)C1CCC1. The quantitative estimate of drug-likeness (QED) is 0.926. The van der Waals surface area contributed by atoms with Crippen molar-refractivity contribution >= 4 is 23.5 Å².